The molecule has 0 radical (unpaired) electrons. The average molecular weight is 319 g/mol. The number of hydrogen-bond acceptors (Lipinski definition) is 7. The highest BCUT2D eigenvalue weighted by Gasteiger charge is 2.33. The highest BCUT2D eigenvalue weighted by molar-refractivity contribution is 5.95. The predicted molar refractivity (Wildman–Crippen MR) is 76.2 cm³/mol. The fourth-order valence-corrected chi connectivity index (χ4v) is 2.62. The Kier molecular flexibility index (Phi) is 3.85. The summed E-state index contributed by atoms with van der Waals surface area (Å²) in [5.74, 6) is 0.954. The quantitative estimate of drug-likeness (QED) is 0.890. The molecule has 23 heavy (non-hydrogen) atoms. The fourth-order valence-electron chi connectivity index (χ4n) is 2.62. The van der Waals surface area contributed by atoms with E-state index in [1.165, 1.54) is 0 Å². The molecule has 1 N–H and O–H groups in total. The molecule has 2 amide bonds. The normalized spacial score (nSPS) is 17.8. The second kappa shape index (κ2) is 5.82. The van der Waals surface area contributed by atoms with Gasteiger partial charge in [-0.2, -0.15) is 4.98 Å². The summed E-state index contributed by atoms with van der Waals surface area (Å²) in [5, 5.41) is 10.3. The zero-order chi connectivity index (χ0) is 16.6. The second-order valence-electron chi connectivity index (χ2n) is 5.49. The molecule has 9 heteroatoms. The van der Waals surface area contributed by atoms with Gasteiger partial charge in [-0.25, -0.2) is 0 Å². The van der Waals surface area contributed by atoms with Crippen molar-refractivity contribution in [3.63, 3.8) is 0 Å². The highest BCUT2D eigenvalue weighted by atomic mass is 16.5. The van der Waals surface area contributed by atoms with Crippen LogP contribution in [0.5, 0.6) is 0 Å². The van der Waals surface area contributed by atoms with E-state index in [-0.39, 0.29) is 24.4 Å². The Hall–Kier alpha value is -2.71. The first kappa shape index (κ1) is 15.2. The third-order valence-corrected chi connectivity index (χ3v) is 3.93. The van der Waals surface area contributed by atoms with Gasteiger partial charge in [-0.05, 0) is 20.3 Å². The lowest BCUT2D eigenvalue weighted by atomic mass is 10.2. The maximum absolute atomic E-state index is 12.1. The fraction of sp³-hybridized carbons (Fsp3) is 0.500. The van der Waals surface area contributed by atoms with Gasteiger partial charge in [0.25, 0.3) is 5.91 Å². The number of aryl methyl sites for hydroxylation is 2. The molecule has 0 aliphatic carbocycles. The van der Waals surface area contributed by atoms with Gasteiger partial charge in [0.05, 0.1) is 12.2 Å². The summed E-state index contributed by atoms with van der Waals surface area (Å²) in [6.07, 6.45) is 1.13. The minimum atomic E-state index is -0.305. The van der Waals surface area contributed by atoms with E-state index < -0.39 is 0 Å². The molecular formula is C14H17N5O4. The van der Waals surface area contributed by atoms with Crippen molar-refractivity contribution in [2.45, 2.75) is 39.3 Å². The summed E-state index contributed by atoms with van der Waals surface area (Å²) in [6.45, 7) is 3.50. The summed E-state index contributed by atoms with van der Waals surface area (Å²) < 4.78 is 10.2. The standard InChI is InChI=1S/C14H17N5O4/c1-7-12(8(2)22-17-7)13(21)15-6-10-16-14(23-18-10)9-4-5-11(20)19(9)3/h9H,4-6H2,1-3H3,(H,15,21)/t9-/m0/s1. The summed E-state index contributed by atoms with van der Waals surface area (Å²) >= 11 is 0. The van der Waals surface area contributed by atoms with E-state index in [4.69, 9.17) is 9.05 Å². The Morgan fingerprint density at radius 2 is 2.13 bits per heavy atom. The Bertz CT molecular complexity index is 731. The zero-order valence-corrected chi connectivity index (χ0v) is 13.1. The van der Waals surface area contributed by atoms with Crippen LogP contribution in [0.2, 0.25) is 0 Å². The summed E-state index contributed by atoms with van der Waals surface area (Å²) in [5.41, 5.74) is 0.940. The van der Waals surface area contributed by atoms with Crippen LogP contribution < -0.4 is 5.32 Å². The van der Waals surface area contributed by atoms with Crippen molar-refractivity contribution in [1.29, 1.82) is 0 Å². The van der Waals surface area contributed by atoms with Crippen LogP contribution in [0.4, 0.5) is 0 Å². The van der Waals surface area contributed by atoms with Gasteiger partial charge in [-0.3, -0.25) is 9.59 Å². The maximum Gasteiger partial charge on any atom is 0.257 e. The number of aromatic nitrogens is 3. The number of amides is 2. The Morgan fingerprint density at radius 1 is 1.35 bits per heavy atom. The molecular weight excluding hydrogens is 302 g/mol. The molecule has 1 saturated heterocycles. The van der Waals surface area contributed by atoms with E-state index in [0.29, 0.717) is 41.6 Å². The Labute approximate surface area is 132 Å². The van der Waals surface area contributed by atoms with Gasteiger partial charge in [-0.1, -0.05) is 10.3 Å². The lowest BCUT2D eigenvalue weighted by Gasteiger charge is -2.14. The molecule has 1 aliphatic rings. The molecule has 9 nitrogen and oxygen atoms in total. The van der Waals surface area contributed by atoms with Crippen molar-refractivity contribution < 1.29 is 18.6 Å². The summed E-state index contributed by atoms with van der Waals surface area (Å²) in [4.78, 5) is 29.5. The van der Waals surface area contributed by atoms with Gasteiger partial charge in [-0.15, -0.1) is 0 Å². The molecule has 1 fully saturated rings. The van der Waals surface area contributed by atoms with Crippen LogP contribution in [-0.2, 0) is 11.3 Å². The van der Waals surface area contributed by atoms with Crippen molar-refractivity contribution in [2.75, 3.05) is 7.05 Å². The Balaban J connectivity index is 1.64. The van der Waals surface area contributed by atoms with Crippen LogP contribution in [0.25, 0.3) is 0 Å². The number of carbonyl (C=O) groups is 2. The number of nitrogens with one attached hydrogen (secondary N) is 1. The molecule has 0 unspecified atom stereocenters. The first-order valence-electron chi connectivity index (χ1n) is 7.26. The molecule has 0 saturated carbocycles. The number of likely N-dealkylation sites (tertiary alicyclic amines) is 1. The molecule has 0 bridgehead atoms. The van der Waals surface area contributed by atoms with Crippen LogP contribution in [-0.4, -0.2) is 39.1 Å². The number of carbonyl (C=O) groups excluding carboxylic acids is 2. The first-order chi connectivity index (χ1) is 11.0. The molecule has 1 atom stereocenters. The largest absolute Gasteiger partial charge is 0.361 e. The maximum atomic E-state index is 12.1. The number of nitrogens with zero attached hydrogens (tertiary/aromatic N) is 4. The zero-order valence-electron chi connectivity index (χ0n) is 13.1. The molecule has 3 rings (SSSR count). The van der Waals surface area contributed by atoms with Crippen molar-refractivity contribution in [2.24, 2.45) is 0 Å². The van der Waals surface area contributed by atoms with E-state index in [0.717, 1.165) is 0 Å². The van der Waals surface area contributed by atoms with Gasteiger partial charge in [0.15, 0.2) is 5.82 Å². The second-order valence-corrected chi connectivity index (χ2v) is 5.49. The van der Waals surface area contributed by atoms with E-state index in [1.807, 2.05) is 0 Å². The Morgan fingerprint density at radius 3 is 2.74 bits per heavy atom. The SMILES string of the molecule is Cc1noc(C)c1C(=O)NCc1noc([C@@H]2CCC(=O)N2C)n1. The van der Waals surface area contributed by atoms with Gasteiger partial charge >= 0.3 is 0 Å². The molecule has 0 aromatic carbocycles. The summed E-state index contributed by atoms with van der Waals surface area (Å²) in [7, 11) is 1.71. The van der Waals surface area contributed by atoms with Gasteiger partial charge < -0.3 is 19.3 Å². The minimum absolute atomic E-state index is 0.0569. The van der Waals surface area contributed by atoms with Crippen LogP contribution in [0.1, 0.15) is 52.4 Å². The van der Waals surface area contributed by atoms with Crippen LogP contribution in [0.15, 0.2) is 9.05 Å². The number of hydrogen-bond donors (Lipinski definition) is 1. The van der Waals surface area contributed by atoms with Crippen molar-refractivity contribution in [3.8, 4) is 0 Å². The molecule has 122 valence electrons. The molecule has 2 aromatic rings. The molecule has 1 aliphatic heterocycles. The van der Waals surface area contributed by atoms with Crippen molar-refractivity contribution in [3.05, 3.63) is 28.7 Å². The monoisotopic (exact) mass is 319 g/mol. The predicted octanol–water partition coefficient (Wildman–Crippen LogP) is 0.898. The van der Waals surface area contributed by atoms with E-state index >= 15 is 0 Å². The van der Waals surface area contributed by atoms with E-state index in [9.17, 15) is 9.59 Å². The average Bonchev–Trinajstić information content (AvgIpc) is 3.19. The third kappa shape index (κ3) is 2.81. The minimum Gasteiger partial charge on any atom is -0.361 e. The van der Waals surface area contributed by atoms with Gasteiger partial charge in [0, 0.05) is 13.5 Å². The highest BCUT2D eigenvalue weighted by Crippen LogP contribution is 2.29. The smallest absolute Gasteiger partial charge is 0.257 e. The van der Waals surface area contributed by atoms with Crippen molar-refractivity contribution in [1.82, 2.24) is 25.5 Å². The van der Waals surface area contributed by atoms with E-state index in [1.54, 1.807) is 25.8 Å². The molecule has 2 aromatic heterocycles. The van der Waals surface area contributed by atoms with Crippen molar-refractivity contribution >= 4 is 11.8 Å². The van der Waals surface area contributed by atoms with E-state index in [2.05, 4.69) is 20.6 Å². The molecule has 0 spiro atoms. The molecule has 3 heterocycles. The lowest BCUT2D eigenvalue weighted by molar-refractivity contribution is -0.127. The van der Waals surface area contributed by atoms with Crippen LogP contribution in [0.3, 0.4) is 0 Å². The summed E-state index contributed by atoms with van der Waals surface area (Å²) in [6, 6.07) is -0.193. The van der Waals surface area contributed by atoms with Gasteiger partial charge in [0.2, 0.25) is 11.8 Å². The van der Waals surface area contributed by atoms with Crippen LogP contribution >= 0.6 is 0 Å². The van der Waals surface area contributed by atoms with Crippen LogP contribution in [0, 0.1) is 13.8 Å². The topological polar surface area (TPSA) is 114 Å². The van der Waals surface area contributed by atoms with Gasteiger partial charge in [0.1, 0.15) is 17.4 Å². The number of rotatable bonds is 4. The lowest BCUT2D eigenvalue weighted by Crippen LogP contribution is -2.25. The first-order valence-corrected chi connectivity index (χ1v) is 7.26. The third-order valence-electron chi connectivity index (χ3n) is 3.93.